The maximum atomic E-state index is 13.0. The molecular formula is C13H17BrClFN2O. The van der Waals surface area contributed by atoms with E-state index in [9.17, 15) is 9.18 Å². The van der Waals surface area contributed by atoms with E-state index in [1.807, 2.05) is 6.92 Å². The second-order valence-electron chi connectivity index (χ2n) is 4.89. The van der Waals surface area contributed by atoms with Crippen molar-refractivity contribution in [2.45, 2.75) is 25.3 Å². The minimum Gasteiger partial charge on any atom is -0.347 e. The normalized spacial score (nSPS) is 17.4. The number of piperidine rings is 1. The number of halogens is 3. The summed E-state index contributed by atoms with van der Waals surface area (Å²) in [7, 11) is 0. The van der Waals surface area contributed by atoms with E-state index in [4.69, 9.17) is 0 Å². The van der Waals surface area contributed by atoms with E-state index < -0.39 is 0 Å². The van der Waals surface area contributed by atoms with E-state index in [-0.39, 0.29) is 29.7 Å². The summed E-state index contributed by atoms with van der Waals surface area (Å²) in [6.45, 7) is 3.85. The summed E-state index contributed by atoms with van der Waals surface area (Å²) in [4.78, 5) is 12.2. The molecule has 0 aliphatic carbocycles. The van der Waals surface area contributed by atoms with Gasteiger partial charge in [-0.3, -0.25) is 4.79 Å². The lowest BCUT2D eigenvalue weighted by Crippen LogP contribution is -2.52. The van der Waals surface area contributed by atoms with Crippen LogP contribution in [0.15, 0.2) is 22.7 Å². The molecule has 0 unspecified atom stereocenters. The van der Waals surface area contributed by atoms with E-state index in [1.54, 1.807) is 0 Å². The van der Waals surface area contributed by atoms with Crippen molar-refractivity contribution in [1.29, 1.82) is 0 Å². The van der Waals surface area contributed by atoms with Gasteiger partial charge in [0.05, 0.1) is 5.56 Å². The highest BCUT2D eigenvalue weighted by Crippen LogP contribution is 2.21. The van der Waals surface area contributed by atoms with Crippen LogP contribution in [-0.2, 0) is 0 Å². The molecule has 6 heteroatoms. The average molecular weight is 352 g/mol. The Bertz CT molecular complexity index is 464. The van der Waals surface area contributed by atoms with Crippen LogP contribution >= 0.6 is 28.3 Å². The number of carbonyl (C=O) groups is 1. The lowest BCUT2D eigenvalue weighted by Gasteiger charge is -2.35. The van der Waals surface area contributed by atoms with Crippen molar-refractivity contribution in [3.05, 3.63) is 34.1 Å². The third-order valence-electron chi connectivity index (χ3n) is 3.30. The largest absolute Gasteiger partial charge is 0.347 e. The third kappa shape index (κ3) is 4.16. The molecule has 19 heavy (non-hydrogen) atoms. The number of amides is 1. The molecule has 1 aromatic rings. The van der Waals surface area contributed by atoms with Gasteiger partial charge in [0.15, 0.2) is 0 Å². The number of rotatable bonds is 2. The van der Waals surface area contributed by atoms with E-state index in [0.29, 0.717) is 10.0 Å². The third-order valence-corrected chi connectivity index (χ3v) is 3.95. The fourth-order valence-electron chi connectivity index (χ4n) is 2.12. The fourth-order valence-corrected chi connectivity index (χ4v) is 2.65. The van der Waals surface area contributed by atoms with Gasteiger partial charge < -0.3 is 10.6 Å². The second-order valence-corrected chi connectivity index (χ2v) is 5.74. The minimum atomic E-state index is -0.355. The molecule has 1 aliphatic heterocycles. The average Bonchev–Trinajstić information content (AvgIpc) is 2.28. The lowest BCUT2D eigenvalue weighted by molar-refractivity contribution is 0.0886. The SMILES string of the molecule is CC1(NC(=O)c2ccc(F)cc2Br)CCNCC1.Cl. The van der Waals surface area contributed by atoms with E-state index in [2.05, 4.69) is 26.6 Å². The van der Waals surface area contributed by atoms with Crippen LogP contribution in [0.3, 0.4) is 0 Å². The zero-order valence-corrected chi connectivity index (χ0v) is 13.0. The Labute approximate surface area is 126 Å². The van der Waals surface area contributed by atoms with Crippen LogP contribution in [0.2, 0.25) is 0 Å². The summed E-state index contributed by atoms with van der Waals surface area (Å²) < 4.78 is 13.5. The highest BCUT2D eigenvalue weighted by atomic mass is 79.9. The summed E-state index contributed by atoms with van der Waals surface area (Å²) in [6, 6.07) is 4.10. The standard InChI is InChI=1S/C13H16BrFN2O.ClH/c1-13(4-6-16-7-5-13)17-12(18)10-3-2-9(15)8-11(10)14;/h2-3,8,16H,4-7H2,1H3,(H,17,18);1H. The van der Waals surface area contributed by atoms with Crippen molar-refractivity contribution >= 4 is 34.2 Å². The van der Waals surface area contributed by atoms with Gasteiger partial charge in [-0.1, -0.05) is 0 Å². The monoisotopic (exact) mass is 350 g/mol. The van der Waals surface area contributed by atoms with E-state index >= 15 is 0 Å². The van der Waals surface area contributed by atoms with Crippen molar-refractivity contribution in [3.8, 4) is 0 Å². The van der Waals surface area contributed by atoms with Gasteiger partial charge in [-0.25, -0.2) is 4.39 Å². The van der Waals surface area contributed by atoms with Crippen LogP contribution in [-0.4, -0.2) is 24.5 Å². The Kier molecular flexibility index (Phi) is 5.77. The number of hydrogen-bond donors (Lipinski definition) is 2. The number of benzene rings is 1. The zero-order valence-electron chi connectivity index (χ0n) is 10.6. The molecule has 1 amide bonds. The number of hydrogen-bond acceptors (Lipinski definition) is 2. The Balaban J connectivity index is 0.00000180. The molecule has 0 atom stereocenters. The maximum Gasteiger partial charge on any atom is 0.252 e. The zero-order chi connectivity index (χ0) is 13.2. The first kappa shape index (κ1) is 16.4. The topological polar surface area (TPSA) is 41.1 Å². The molecule has 1 saturated heterocycles. The van der Waals surface area contributed by atoms with Gasteiger partial charge in [0.2, 0.25) is 0 Å². The summed E-state index contributed by atoms with van der Waals surface area (Å²) in [5.41, 5.74) is 0.284. The first-order valence-corrected chi connectivity index (χ1v) is 6.78. The smallest absolute Gasteiger partial charge is 0.252 e. The van der Waals surface area contributed by atoms with Crippen LogP contribution in [0.5, 0.6) is 0 Å². The van der Waals surface area contributed by atoms with Crippen molar-refractivity contribution < 1.29 is 9.18 Å². The fraction of sp³-hybridized carbons (Fsp3) is 0.462. The van der Waals surface area contributed by atoms with Crippen LogP contribution < -0.4 is 10.6 Å². The van der Waals surface area contributed by atoms with Gasteiger partial charge in [0.25, 0.3) is 5.91 Å². The van der Waals surface area contributed by atoms with Crippen molar-refractivity contribution in [2.75, 3.05) is 13.1 Å². The summed E-state index contributed by atoms with van der Waals surface area (Å²) in [6.07, 6.45) is 1.80. The molecule has 106 valence electrons. The van der Waals surface area contributed by atoms with Crippen LogP contribution in [0.1, 0.15) is 30.1 Å². The van der Waals surface area contributed by atoms with E-state index in [0.717, 1.165) is 25.9 Å². The highest BCUT2D eigenvalue weighted by molar-refractivity contribution is 9.10. The summed E-state index contributed by atoms with van der Waals surface area (Å²) in [5.74, 6) is -0.516. The van der Waals surface area contributed by atoms with Crippen molar-refractivity contribution in [2.24, 2.45) is 0 Å². The van der Waals surface area contributed by atoms with Gasteiger partial charge in [0.1, 0.15) is 5.82 Å². The molecule has 0 saturated carbocycles. The van der Waals surface area contributed by atoms with E-state index in [1.165, 1.54) is 18.2 Å². The van der Waals surface area contributed by atoms with Crippen LogP contribution in [0, 0.1) is 5.82 Å². The quantitative estimate of drug-likeness (QED) is 0.860. The molecule has 0 aromatic heterocycles. The second kappa shape index (κ2) is 6.68. The number of nitrogens with one attached hydrogen (secondary N) is 2. The van der Waals surface area contributed by atoms with Gasteiger partial charge in [-0.15, -0.1) is 12.4 Å². The molecule has 1 fully saturated rings. The minimum absolute atomic E-state index is 0. The van der Waals surface area contributed by atoms with Crippen LogP contribution in [0.4, 0.5) is 4.39 Å². The maximum absolute atomic E-state index is 13.0. The van der Waals surface area contributed by atoms with Crippen molar-refractivity contribution in [3.63, 3.8) is 0 Å². The molecule has 1 aliphatic rings. The predicted molar refractivity (Wildman–Crippen MR) is 79.3 cm³/mol. The lowest BCUT2D eigenvalue weighted by atomic mass is 9.90. The van der Waals surface area contributed by atoms with Crippen LogP contribution in [0.25, 0.3) is 0 Å². The molecule has 2 rings (SSSR count). The first-order chi connectivity index (χ1) is 8.50. The number of carbonyl (C=O) groups excluding carboxylic acids is 1. The Morgan fingerprint density at radius 3 is 2.63 bits per heavy atom. The molecule has 3 nitrogen and oxygen atoms in total. The Morgan fingerprint density at radius 1 is 1.42 bits per heavy atom. The van der Waals surface area contributed by atoms with Crippen molar-refractivity contribution in [1.82, 2.24) is 10.6 Å². The molecule has 1 aromatic carbocycles. The predicted octanol–water partition coefficient (Wildman–Crippen LogP) is 2.88. The molecule has 2 N–H and O–H groups in total. The first-order valence-electron chi connectivity index (χ1n) is 5.98. The molecule has 1 heterocycles. The summed E-state index contributed by atoms with van der Waals surface area (Å²) in [5, 5.41) is 6.30. The van der Waals surface area contributed by atoms with Gasteiger partial charge >= 0.3 is 0 Å². The Hall–Kier alpha value is -0.650. The van der Waals surface area contributed by atoms with Gasteiger partial charge in [-0.2, -0.15) is 0 Å². The molecule has 0 radical (unpaired) electrons. The van der Waals surface area contributed by atoms with Gasteiger partial charge in [-0.05, 0) is 67.0 Å². The highest BCUT2D eigenvalue weighted by Gasteiger charge is 2.29. The molecule has 0 bridgehead atoms. The molecule has 0 spiro atoms. The molecular weight excluding hydrogens is 335 g/mol. The summed E-state index contributed by atoms with van der Waals surface area (Å²) >= 11 is 3.22. The Morgan fingerprint density at radius 2 is 2.05 bits per heavy atom. The van der Waals surface area contributed by atoms with Gasteiger partial charge in [0, 0.05) is 10.0 Å².